The highest BCUT2D eigenvalue weighted by Gasteiger charge is 2.31. The number of nitrogens with one attached hydrogen (secondary N) is 1. The summed E-state index contributed by atoms with van der Waals surface area (Å²) in [6, 6.07) is 3.58. The molecule has 0 radical (unpaired) electrons. The summed E-state index contributed by atoms with van der Waals surface area (Å²) in [5, 5.41) is 13.5. The SMILES string of the molecule is COC(=O)c1sccc1N/C=C(\C#N)C(=O)C1CC1. The monoisotopic (exact) mass is 276 g/mol. The first kappa shape index (κ1) is 13.3. The Morgan fingerprint density at radius 3 is 2.89 bits per heavy atom. The van der Waals surface area contributed by atoms with Gasteiger partial charge in [0.2, 0.25) is 0 Å². The Hall–Kier alpha value is -2.13. The minimum absolute atomic E-state index is 0.00440. The van der Waals surface area contributed by atoms with Crippen LogP contribution in [-0.4, -0.2) is 18.9 Å². The van der Waals surface area contributed by atoms with Crippen molar-refractivity contribution in [2.24, 2.45) is 5.92 Å². The van der Waals surface area contributed by atoms with Gasteiger partial charge in [-0.15, -0.1) is 11.3 Å². The lowest BCUT2D eigenvalue weighted by Gasteiger charge is -2.02. The van der Waals surface area contributed by atoms with Crippen LogP contribution in [0.5, 0.6) is 0 Å². The zero-order chi connectivity index (χ0) is 13.8. The molecule has 98 valence electrons. The number of ether oxygens (including phenoxy) is 1. The van der Waals surface area contributed by atoms with E-state index < -0.39 is 5.97 Å². The van der Waals surface area contributed by atoms with Gasteiger partial charge in [-0.2, -0.15) is 5.26 Å². The van der Waals surface area contributed by atoms with E-state index in [-0.39, 0.29) is 17.3 Å². The average molecular weight is 276 g/mol. The highest BCUT2D eigenvalue weighted by atomic mass is 32.1. The average Bonchev–Trinajstić information content (AvgIpc) is 3.17. The molecule has 1 heterocycles. The van der Waals surface area contributed by atoms with Crippen molar-refractivity contribution in [1.82, 2.24) is 0 Å². The number of hydrogen-bond acceptors (Lipinski definition) is 6. The minimum Gasteiger partial charge on any atom is -0.465 e. The quantitative estimate of drug-likeness (QED) is 0.507. The van der Waals surface area contributed by atoms with Crippen molar-refractivity contribution in [2.45, 2.75) is 12.8 Å². The summed E-state index contributed by atoms with van der Waals surface area (Å²) in [6.07, 6.45) is 3.06. The van der Waals surface area contributed by atoms with Gasteiger partial charge < -0.3 is 10.1 Å². The first-order chi connectivity index (χ1) is 9.17. The molecule has 6 heteroatoms. The van der Waals surface area contributed by atoms with Crippen LogP contribution in [0.2, 0.25) is 0 Å². The van der Waals surface area contributed by atoms with E-state index in [0.29, 0.717) is 10.6 Å². The molecule has 2 rings (SSSR count). The zero-order valence-corrected chi connectivity index (χ0v) is 11.1. The first-order valence-electron chi connectivity index (χ1n) is 5.74. The van der Waals surface area contributed by atoms with Gasteiger partial charge in [-0.1, -0.05) is 0 Å². The second-order valence-electron chi connectivity index (χ2n) is 4.11. The van der Waals surface area contributed by atoms with Crippen LogP contribution in [-0.2, 0) is 9.53 Å². The number of esters is 1. The molecule has 19 heavy (non-hydrogen) atoms. The molecule has 1 saturated carbocycles. The number of nitriles is 1. The number of thiophene rings is 1. The molecule has 0 saturated heterocycles. The highest BCUT2D eigenvalue weighted by molar-refractivity contribution is 7.12. The van der Waals surface area contributed by atoms with Crippen molar-refractivity contribution >= 4 is 28.8 Å². The van der Waals surface area contributed by atoms with Gasteiger partial charge in [-0.3, -0.25) is 4.79 Å². The standard InChI is InChI=1S/C13H12N2O3S/c1-18-13(17)12-10(4-5-19-12)15-7-9(6-14)11(16)8-2-3-8/h4-5,7-8,15H,2-3H2,1H3/b9-7+. The number of allylic oxidation sites excluding steroid dienone is 1. The van der Waals surface area contributed by atoms with Crippen LogP contribution in [0.1, 0.15) is 22.5 Å². The number of ketones is 1. The third kappa shape index (κ3) is 3.01. The molecular formula is C13H12N2O3S. The third-order valence-corrected chi connectivity index (χ3v) is 3.64. The molecule has 0 aromatic carbocycles. The van der Waals surface area contributed by atoms with Crippen LogP contribution >= 0.6 is 11.3 Å². The third-order valence-electron chi connectivity index (χ3n) is 2.74. The molecule has 0 spiro atoms. The van der Waals surface area contributed by atoms with Gasteiger partial charge in [0.1, 0.15) is 16.5 Å². The lowest BCUT2D eigenvalue weighted by atomic mass is 10.1. The maximum atomic E-state index is 11.8. The Balaban J connectivity index is 2.12. The molecule has 1 aromatic rings. The highest BCUT2D eigenvalue weighted by Crippen LogP contribution is 2.32. The molecule has 0 bridgehead atoms. The number of nitrogens with zero attached hydrogens (tertiary/aromatic N) is 1. The van der Waals surface area contributed by atoms with Crippen molar-refractivity contribution < 1.29 is 14.3 Å². The lowest BCUT2D eigenvalue weighted by Crippen LogP contribution is -2.06. The summed E-state index contributed by atoms with van der Waals surface area (Å²) in [5.41, 5.74) is 0.623. The molecule has 0 unspecified atom stereocenters. The van der Waals surface area contributed by atoms with Crippen LogP contribution in [0.3, 0.4) is 0 Å². The predicted molar refractivity (Wildman–Crippen MR) is 70.7 cm³/mol. The molecule has 1 aliphatic carbocycles. The Morgan fingerprint density at radius 1 is 1.58 bits per heavy atom. The van der Waals surface area contributed by atoms with Crippen LogP contribution in [0.25, 0.3) is 0 Å². The van der Waals surface area contributed by atoms with Gasteiger partial charge in [-0.05, 0) is 24.3 Å². The number of Topliss-reactive ketones (excluding diaryl/α,β-unsaturated/α-hetero) is 1. The summed E-state index contributed by atoms with van der Waals surface area (Å²) in [6.45, 7) is 0. The van der Waals surface area contributed by atoms with Crippen molar-refractivity contribution in [1.29, 1.82) is 5.26 Å². The normalized spacial score (nSPS) is 14.6. The first-order valence-corrected chi connectivity index (χ1v) is 6.62. The van der Waals surface area contributed by atoms with E-state index >= 15 is 0 Å². The molecule has 0 aliphatic heterocycles. The van der Waals surface area contributed by atoms with E-state index in [9.17, 15) is 9.59 Å². The van der Waals surface area contributed by atoms with Crippen molar-refractivity contribution in [2.75, 3.05) is 12.4 Å². The van der Waals surface area contributed by atoms with E-state index in [2.05, 4.69) is 10.1 Å². The smallest absolute Gasteiger partial charge is 0.350 e. The van der Waals surface area contributed by atoms with Crippen molar-refractivity contribution in [3.05, 3.63) is 28.1 Å². The van der Waals surface area contributed by atoms with E-state index in [1.165, 1.54) is 24.6 Å². The van der Waals surface area contributed by atoms with E-state index in [0.717, 1.165) is 12.8 Å². The summed E-state index contributed by atoms with van der Waals surface area (Å²) in [4.78, 5) is 23.6. The van der Waals surface area contributed by atoms with Gasteiger partial charge >= 0.3 is 5.97 Å². The number of hydrogen-bond donors (Lipinski definition) is 1. The molecule has 1 aromatic heterocycles. The topological polar surface area (TPSA) is 79.2 Å². The number of rotatable bonds is 5. The summed E-state index contributed by atoms with van der Waals surface area (Å²) in [5.74, 6) is -0.585. The summed E-state index contributed by atoms with van der Waals surface area (Å²) < 4.78 is 4.64. The fraction of sp³-hybridized carbons (Fsp3) is 0.308. The van der Waals surface area contributed by atoms with Gasteiger partial charge in [0.15, 0.2) is 5.78 Å². The second-order valence-corrected chi connectivity index (χ2v) is 5.02. The van der Waals surface area contributed by atoms with Crippen molar-refractivity contribution in [3.8, 4) is 6.07 Å². The molecule has 0 atom stereocenters. The van der Waals surface area contributed by atoms with E-state index in [1.54, 1.807) is 11.4 Å². The van der Waals surface area contributed by atoms with Gasteiger partial charge in [0, 0.05) is 12.1 Å². The zero-order valence-electron chi connectivity index (χ0n) is 10.3. The van der Waals surface area contributed by atoms with Gasteiger partial charge in [0.05, 0.1) is 12.8 Å². The largest absolute Gasteiger partial charge is 0.465 e. The molecule has 1 fully saturated rings. The Bertz CT molecular complexity index is 579. The van der Waals surface area contributed by atoms with Crippen LogP contribution < -0.4 is 5.32 Å². The Kier molecular flexibility index (Phi) is 3.97. The number of anilines is 1. The number of methoxy groups -OCH3 is 1. The van der Waals surface area contributed by atoms with Gasteiger partial charge in [0.25, 0.3) is 0 Å². The fourth-order valence-electron chi connectivity index (χ4n) is 1.55. The van der Waals surface area contributed by atoms with E-state index in [1.807, 2.05) is 6.07 Å². The summed E-state index contributed by atoms with van der Waals surface area (Å²) >= 11 is 1.23. The molecule has 1 N–H and O–H groups in total. The maximum Gasteiger partial charge on any atom is 0.350 e. The molecular weight excluding hydrogens is 264 g/mol. The summed E-state index contributed by atoms with van der Waals surface area (Å²) in [7, 11) is 1.30. The lowest BCUT2D eigenvalue weighted by molar-refractivity contribution is -0.116. The van der Waals surface area contributed by atoms with Crippen LogP contribution in [0.15, 0.2) is 23.2 Å². The second kappa shape index (κ2) is 5.67. The molecule has 1 aliphatic rings. The maximum absolute atomic E-state index is 11.8. The Morgan fingerprint density at radius 2 is 2.32 bits per heavy atom. The fourth-order valence-corrected chi connectivity index (χ4v) is 2.32. The minimum atomic E-state index is -0.446. The van der Waals surface area contributed by atoms with Gasteiger partial charge in [-0.25, -0.2) is 4.79 Å². The number of carbonyl (C=O) groups is 2. The van der Waals surface area contributed by atoms with E-state index in [4.69, 9.17) is 5.26 Å². The Labute approximate surface area is 114 Å². The number of carbonyl (C=O) groups excluding carboxylic acids is 2. The molecule has 5 nitrogen and oxygen atoms in total. The molecule has 0 amide bonds. The van der Waals surface area contributed by atoms with Crippen LogP contribution in [0, 0.1) is 17.2 Å². The van der Waals surface area contributed by atoms with Crippen molar-refractivity contribution in [3.63, 3.8) is 0 Å². The van der Waals surface area contributed by atoms with Crippen LogP contribution in [0.4, 0.5) is 5.69 Å². The predicted octanol–water partition coefficient (Wildman–Crippen LogP) is 2.33.